The summed E-state index contributed by atoms with van der Waals surface area (Å²) >= 11 is 1.23. The third-order valence-corrected chi connectivity index (χ3v) is 6.47. The second-order valence-corrected chi connectivity index (χ2v) is 9.09. The Morgan fingerprint density at radius 2 is 2.09 bits per heavy atom. The molecule has 1 atom stereocenters. The number of nitrogens with two attached hydrogens (primary N) is 1. The zero-order valence-electron chi connectivity index (χ0n) is 18.0. The predicted molar refractivity (Wildman–Crippen MR) is 125 cm³/mol. The first-order chi connectivity index (χ1) is 15.2. The first kappa shape index (κ1) is 22.0. The molecule has 0 aliphatic carbocycles. The molecule has 0 radical (unpaired) electrons. The molecular formula is C23H25F2N5OS. The first-order valence-electron chi connectivity index (χ1n) is 10.3. The van der Waals surface area contributed by atoms with E-state index in [0.29, 0.717) is 34.0 Å². The molecule has 1 fully saturated rings. The van der Waals surface area contributed by atoms with E-state index in [1.807, 2.05) is 26.0 Å². The molecule has 2 aromatic heterocycles. The van der Waals surface area contributed by atoms with Crippen LogP contribution in [0.5, 0.6) is 0 Å². The molecule has 1 aliphatic rings. The predicted octanol–water partition coefficient (Wildman–Crippen LogP) is 3.75. The fraction of sp³-hybridized carbons (Fsp3) is 0.304. The first-order valence-corrected chi connectivity index (χ1v) is 11.2. The van der Waals surface area contributed by atoms with Crippen molar-refractivity contribution in [2.45, 2.75) is 26.3 Å². The Hall–Kier alpha value is -3.20. The summed E-state index contributed by atoms with van der Waals surface area (Å²) in [4.78, 5) is 19.7. The van der Waals surface area contributed by atoms with Gasteiger partial charge in [-0.1, -0.05) is 6.58 Å². The molecule has 9 heteroatoms. The second kappa shape index (κ2) is 8.74. The smallest absolute Gasteiger partial charge is 0.263 e. The fourth-order valence-corrected chi connectivity index (χ4v) is 5.01. The third-order valence-electron chi connectivity index (χ3n) is 5.36. The summed E-state index contributed by atoms with van der Waals surface area (Å²) in [5, 5.41) is 6.69. The van der Waals surface area contributed by atoms with Crippen molar-refractivity contribution in [2.75, 3.05) is 30.3 Å². The van der Waals surface area contributed by atoms with Gasteiger partial charge in [0.1, 0.15) is 27.0 Å². The number of nitrogen functional groups attached to an aromatic ring is 1. The lowest BCUT2D eigenvalue weighted by Crippen LogP contribution is -2.48. The standard InChI is InChI=1S/C23H25F2N5OS/c1-12-4-5-16-19(26)21(32-23(16)29-12)22(31)27-7-6-15-8-17(24)20(18(25)9-15)30-10-13(2)28-14(3)11-30/h4-5,8-9,14,28H,2,6-7,10-11,26H2,1,3H3,(H,27,31). The largest absolute Gasteiger partial charge is 0.397 e. The number of amides is 1. The van der Waals surface area contributed by atoms with Crippen molar-refractivity contribution >= 4 is 38.8 Å². The van der Waals surface area contributed by atoms with E-state index in [1.165, 1.54) is 23.5 Å². The Balaban J connectivity index is 1.43. The van der Waals surface area contributed by atoms with E-state index in [-0.39, 0.29) is 30.6 Å². The Bertz CT molecular complexity index is 1190. The summed E-state index contributed by atoms with van der Waals surface area (Å²) < 4.78 is 29.5. The lowest BCUT2D eigenvalue weighted by Gasteiger charge is -2.35. The van der Waals surface area contributed by atoms with Crippen LogP contribution in [0.2, 0.25) is 0 Å². The average Bonchev–Trinajstić information content (AvgIpc) is 3.02. The summed E-state index contributed by atoms with van der Waals surface area (Å²) in [6.45, 7) is 8.73. The Morgan fingerprint density at radius 3 is 2.78 bits per heavy atom. The van der Waals surface area contributed by atoms with E-state index in [0.717, 1.165) is 16.8 Å². The molecule has 0 bridgehead atoms. The molecule has 1 aliphatic heterocycles. The lowest BCUT2D eigenvalue weighted by molar-refractivity contribution is 0.0959. The Kier molecular flexibility index (Phi) is 6.01. The van der Waals surface area contributed by atoms with E-state index >= 15 is 0 Å². The molecule has 168 valence electrons. The van der Waals surface area contributed by atoms with Crippen LogP contribution in [-0.4, -0.2) is 36.6 Å². The van der Waals surface area contributed by atoms with Gasteiger partial charge in [-0.05, 0) is 50.1 Å². The van der Waals surface area contributed by atoms with Gasteiger partial charge in [0.2, 0.25) is 0 Å². The summed E-state index contributed by atoms with van der Waals surface area (Å²) in [6, 6.07) is 6.38. The molecule has 1 aromatic carbocycles. The van der Waals surface area contributed by atoms with Crippen molar-refractivity contribution < 1.29 is 13.6 Å². The number of hydrogen-bond donors (Lipinski definition) is 3. The molecule has 4 rings (SSSR count). The van der Waals surface area contributed by atoms with Crippen molar-refractivity contribution in [1.82, 2.24) is 15.6 Å². The van der Waals surface area contributed by atoms with Crippen molar-refractivity contribution in [1.29, 1.82) is 0 Å². The van der Waals surface area contributed by atoms with Crippen LogP contribution in [0.4, 0.5) is 20.2 Å². The highest BCUT2D eigenvalue weighted by Gasteiger charge is 2.24. The Labute approximate surface area is 189 Å². The number of carbonyl (C=O) groups excluding carboxylic acids is 1. The maximum absolute atomic E-state index is 14.8. The number of carbonyl (C=O) groups is 1. The molecule has 1 unspecified atom stereocenters. The van der Waals surface area contributed by atoms with Gasteiger partial charge >= 0.3 is 0 Å². The van der Waals surface area contributed by atoms with Gasteiger partial charge in [-0.15, -0.1) is 11.3 Å². The number of nitrogens with zero attached hydrogens (tertiary/aromatic N) is 2. The molecule has 3 heterocycles. The van der Waals surface area contributed by atoms with Gasteiger partial charge in [-0.25, -0.2) is 13.8 Å². The molecular weight excluding hydrogens is 432 g/mol. The van der Waals surface area contributed by atoms with Gasteiger partial charge in [0.25, 0.3) is 5.91 Å². The number of aryl methyl sites for hydroxylation is 1. The lowest BCUT2D eigenvalue weighted by atomic mass is 10.1. The minimum atomic E-state index is -0.622. The van der Waals surface area contributed by atoms with E-state index in [1.54, 1.807) is 4.90 Å². The number of pyridine rings is 1. The van der Waals surface area contributed by atoms with Crippen molar-refractivity contribution in [3.05, 3.63) is 64.3 Å². The minimum absolute atomic E-state index is 0.0467. The van der Waals surface area contributed by atoms with Gasteiger partial charge in [0.15, 0.2) is 0 Å². The maximum Gasteiger partial charge on any atom is 0.263 e. The number of anilines is 2. The zero-order valence-corrected chi connectivity index (χ0v) is 18.8. The van der Waals surface area contributed by atoms with Crippen LogP contribution in [-0.2, 0) is 6.42 Å². The van der Waals surface area contributed by atoms with E-state index in [9.17, 15) is 13.6 Å². The monoisotopic (exact) mass is 457 g/mol. The van der Waals surface area contributed by atoms with Gasteiger partial charge in [-0.3, -0.25) is 4.79 Å². The number of halogens is 2. The number of benzene rings is 1. The number of hydrogen-bond acceptors (Lipinski definition) is 6. The van der Waals surface area contributed by atoms with Crippen molar-refractivity contribution in [2.24, 2.45) is 0 Å². The van der Waals surface area contributed by atoms with Crippen LogP contribution < -0.4 is 21.3 Å². The van der Waals surface area contributed by atoms with Crippen LogP contribution in [0.3, 0.4) is 0 Å². The van der Waals surface area contributed by atoms with Crippen molar-refractivity contribution in [3.63, 3.8) is 0 Å². The van der Waals surface area contributed by atoms with Crippen LogP contribution in [0, 0.1) is 18.6 Å². The third kappa shape index (κ3) is 4.38. The normalized spacial score (nSPS) is 16.3. The Morgan fingerprint density at radius 1 is 1.38 bits per heavy atom. The molecule has 3 aromatic rings. The molecule has 0 saturated carbocycles. The minimum Gasteiger partial charge on any atom is -0.397 e. The second-order valence-electron chi connectivity index (χ2n) is 8.09. The van der Waals surface area contributed by atoms with Gasteiger partial charge in [0.05, 0.1) is 12.2 Å². The molecule has 6 nitrogen and oxygen atoms in total. The van der Waals surface area contributed by atoms with E-state index in [4.69, 9.17) is 5.73 Å². The van der Waals surface area contributed by atoms with Gasteiger partial charge in [-0.2, -0.15) is 0 Å². The fourth-order valence-electron chi connectivity index (χ4n) is 3.96. The van der Waals surface area contributed by atoms with Gasteiger partial charge in [0, 0.05) is 35.9 Å². The number of fused-ring (bicyclic) bond motifs is 1. The topological polar surface area (TPSA) is 83.3 Å². The number of rotatable bonds is 5. The maximum atomic E-state index is 14.8. The SMILES string of the molecule is C=C1CN(c2c(F)cc(CCNC(=O)c3sc4nc(C)ccc4c3N)cc2F)CC(C)N1. The summed E-state index contributed by atoms with van der Waals surface area (Å²) in [7, 11) is 0. The number of aromatic nitrogens is 1. The highest BCUT2D eigenvalue weighted by Crippen LogP contribution is 2.32. The molecule has 32 heavy (non-hydrogen) atoms. The molecule has 0 spiro atoms. The number of piperazine rings is 1. The summed E-state index contributed by atoms with van der Waals surface area (Å²) in [6.07, 6.45) is 0.284. The zero-order chi connectivity index (χ0) is 23.0. The number of thiophene rings is 1. The van der Waals surface area contributed by atoms with Crippen LogP contribution >= 0.6 is 11.3 Å². The highest BCUT2D eigenvalue weighted by molar-refractivity contribution is 7.21. The average molecular weight is 458 g/mol. The summed E-state index contributed by atoms with van der Waals surface area (Å²) in [5.74, 6) is -1.57. The highest BCUT2D eigenvalue weighted by atomic mass is 32.1. The van der Waals surface area contributed by atoms with Crippen LogP contribution in [0.25, 0.3) is 10.2 Å². The quantitative estimate of drug-likeness (QED) is 0.544. The van der Waals surface area contributed by atoms with Crippen LogP contribution in [0.1, 0.15) is 27.9 Å². The van der Waals surface area contributed by atoms with Crippen LogP contribution in [0.15, 0.2) is 36.5 Å². The summed E-state index contributed by atoms with van der Waals surface area (Å²) in [5.41, 5.74) is 8.49. The molecule has 4 N–H and O–H groups in total. The number of nitrogens with one attached hydrogen (secondary N) is 2. The molecule has 1 saturated heterocycles. The molecule has 1 amide bonds. The van der Waals surface area contributed by atoms with E-state index < -0.39 is 11.6 Å². The van der Waals surface area contributed by atoms with Gasteiger partial charge < -0.3 is 21.3 Å². The van der Waals surface area contributed by atoms with Crippen molar-refractivity contribution in [3.8, 4) is 0 Å². The van der Waals surface area contributed by atoms with E-state index in [2.05, 4.69) is 22.2 Å².